The van der Waals surface area contributed by atoms with E-state index in [4.69, 9.17) is 11.5 Å². The number of nitro groups is 1. The first kappa shape index (κ1) is 34.5. The third-order valence-corrected chi connectivity index (χ3v) is 6.65. The molecule has 1 aromatic heterocycles. The number of imidazole rings is 1. The summed E-state index contributed by atoms with van der Waals surface area (Å²) in [6, 6.07) is 5.40. The number of benzene rings is 2. The zero-order valence-electron chi connectivity index (χ0n) is 24.4. The molecule has 244 valence electrons. The molecule has 0 unspecified atom stereocenters. The van der Waals surface area contributed by atoms with Gasteiger partial charge in [0.15, 0.2) is 5.75 Å². The number of nitrogen functional groups attached to an aromatic ring is 1. The molecule has 0 bridgehead atoms. The Balaban J connectivity index is 1.65. The number of rotatable bonds is 15. The minimum atomic E-state index is -1.58. The molecule has 0 aliphatic heterocycles. The van der Waals surface area contributed by atoms with Crippen molar-refractivity contribution in [1.29, 1.82) is 0 Å². The van der Waals surface area contributed by atoms with Gasteiger partial charge in [0.05, 0.1) is 29.5 Å². The van der Waals surface area contributed by atoms with Gasteiger partial charge < -0.3 is 47.9 Å². The summed E-state index contributed by atoms with van der Waals surface area (Å²) in [5.41, 5.74) is 11.6. The second kappa shape index (κ2) is 15.6. The average molecular weight is 640 g/mol. The number of phenolic OH excluding ortho intramolecular Hbond substituents is 1. The predicted octanol–water partition coefficient (Wildman–Crippen LogP) is -1.86. The second-order valence-corrected chi connectivity index (χ2v) is 10.1. The summed E-state index contributed by atoms with van der Waals surface area (Å²) in [7, 11) is 0. The van der Waals surface area contributed by atoms with Crippen LogP contribution in [0.5, 0.6) is 5.75 Å². The summed E-state index contributed by atoms with van der Waals surface area (Å²) in [5, 5.41) is 40.5. The van der Waals surface area contributed by atoms with E-state index in [-0.39, 0.29) is 29.7 Å². The number of aliphatic hydroxyl groups is 1. The number of aromatic hydroxyl groups is 1. The van der Waals surface area contributed by atoms with Crippen molar-refractivity contribution in [1.82, 2.24) is 31.2 Å². The lowest BCUT2D eigenvalue weighted by Crippen LogP contribution is -2.58. The van der Waals surface area contributed by atoms with Crippen LogP contribution in [0.4, 0.5) is 11.4 Å². The van der Waals surface area contributed by atoms with Gasteiger partial charge in [0, 0.05) is 36.5 Å². The summed E-state index contributed by atoms with van der Waals surface area (Å²) in [6.45, 7) is 0.511. The van der Waals surface area contributed by atoms with E-state index in [0.717, 1.165) is 12.1 Å². The maximum absolute atomic E-state index is 13.3. The topological polar surface area (TPSA) is 298 Å². The smallest absolute Gasteiger partial charge is 0.310 e. The molecule has 0 radical (unpaired) electrons. The summed E-state index contributed by atoms with van der Waals surface area (Å²) >= 11 is 0. The standard InChI is InChI=1S/C28H33N9O9/c1-14(38)24(36-27(43)20(10-16-11-31-13-33-16)35-26(42)17-4-2-3-5-18(17)29)28(44)32-12-23(40)34-19(25(30)41)8-15-6-7-22(39)21(9-15)37(45)46/h2-7,9,11,13-14,19-20,24,38-39H,8,10,12,29H2,1H3,(H2,30,41)(H,31,33)(H,32,44)(H,34,40)(H,35,42)(H,36,43)/t14-,19+,20+,24+/m1/s1. The number of nitrogens with two attached hydrogens (primary N) is 2. The Labute approximate surface area is 261 Å². The Morgan fingerprint density at radius 3 is 2.35 bits per heavy atom. The van der Waals surface area contributed by atoms with Crippen molar-refractivity contribution in [3.05, 3.63) is 81.9 Å². The molecule has 3 rings (SSSR count). The number of aromatic nitrogens is 2. The minimum absolute atomic E-state index is 0.0699. The molecule has 18 heteroatoms. The van der Waals surface area contributed by atoms with Crippen molar-refractivity contribution in [2.24, 2.45) is 5.73 Å². The fraction of sp³-hybridized carbons (Fsp3) is 0.286. The van der Waals surface area contributed by atoms with E-state index in [2.05, 4.69) is 31.2 Å². The van der Waals surface area contributed by atoms with Gasteiger partial charge in [0.25, 0.3) is 5.91 Å². The molecule has 2 aromatic carbocycles. The van der Waals surface area contributed by atoms with Gasteiger partial charge in [-0.1, -0.05) is 18.2 Å². The van der Waals surface area contributed by atoms with Crippen molar-refractivity contribution >= 4 is 40.9 Å². The highest BCUT2D eigenvalue weighted by molar-refractivity contribution is 6.02. The Bertz CT molecular complexity index is 1590. The molecule has 3 aromatic rings. The summed E-state index contributed by atoms with van der Waals surface area (Å²) in [5.74, 6) is -4.94. The number of aliphatic hydroxyl groups excluding tert-OH is 1. The lowest BCUT2D eigenvalue weighted by Gasteiger charge is -2.25. The molecule has 11 N–H and O–H groups in total. The normalized spacial score (nSPS) is 13.3. The maximum Gasteiger partial charge on any atom is 0.310 e. The number of nitrogens with one attached hydrogen (secondary N) is 5. The van der Waals surface area contributed by atoms with Crippen LogP contribution in [0.15, 0.2) is 55.0 Å². The fourth-order valence-electron chi connectivity index (χ4n) is 4.25. The number of hydrogen-bond acceptors (Lipinski definition) is 11. The van der Waals surface area contributed by atoms with Crippen molar-refractivity contribution in [3.8, 4) is 5.75 Å². The number of amides is 5. The summed E-state index contributed by atoms with van der Waals surface area (Å²) in [6.07, 6.45) is 1.02. The van der Waals surface area contributed by atoms with Crippen LogP contribution in [0, 0.1) is 10.1 Å². The van der Waals surface area contributed by atoms with Gasteiger partial charge in [-0.2, -0.15) is 0 Å². The van der Waals surface area contributed by atoms with Crippen LogP contribution < -0.4 is 32.7 Å². The van der Waals surface area contributed by atoms with E-state index < -0.39 is 76.7 Å². The summed E-state index contributed by atoms with van der Waals surface area (Å²) in [4.78, 5) is 80.6. The van der Waals surface area contributed by atoms with Crippen molar-refractivity contribution in [2.75, 3.05) is 12.3 Å². The number of primary amides is 1. The van der Waals surface area contributed by atoms with E-state index in [1.54, 1.807) is 12.1 Å². The molecule has 5 amide bonds. The van der Waals surface area contributed by atoms with Gasteiger partial charge in [-0.3, -0.25) is 34.1 Å². The lowest BCUT2D eigenvalue weighted by molar-refractivity contribution is -0.385. The number of hydrogen-bond donors (Lipinski definition) is 9. The number of anilines is 1. The van der Waals surface area contributed by atoms with Gasteiger partial charge in [-0.05, 0) is 30.7 Å². The van der Waals surface area contributed by atoms with Crippen LogP contribution in [-0.4, -0.2) is 85.4 Å². The summed E-state index contributed by atoms with van der Waals surface area (Å²) < 4.78 is 0. The highest BCUT2D eigenvalue weighted by Crippen LogP contribution is 2.26. The molecule has 0 aliphatic rings. The minimum Gasteiger partial charge on any atom is -0.502 e. The quantitative estimate of drug-likeness (QED) is 0.0504. The Hall–Kier alpha value is -6.04. The number of carbonyl (C=O) groups is 5. The van der Waals surface area contributed by atoms with Gasteiger partial charge in [-0.15, -0.1) is 0 Å². The number of nitrogens with zero attached hydrogens (tertiary/aromatic N) is 2. The lowest BCUT2D eigenvalue weighted by atomic mass is 10.0. The molecule has 1 heterocycles. The van der Waals surface area contributed by atoms with Crippen molar-refractivity contribution in [2.45, 2.75) is 44.0 Å². The number of para-hydroxylation sites is 1. The highest BCUT2D eigenvalue weighted by Gasteiger charge is 2.31. The van der Waals surface area contributed by atoms with E-state index in [1.807, 2.05) is 0 Å². The Kier molecular flexibility index (Phi) is 11.7. The molecule has 0 saturated heterocycles. The van der Waals surface area contributed by atoms with Crippen LogP contribution in [0.2, 0.25) is 0 Å². The zero-order valence-corrected chi connectivity index (χ0v) is 24.4. The van der Waals surface area contributed by atoms with Crippen LogP contribution in [0.1, 0.15) is 28.5 Å². The molecule has 0 saturated carbocycles. The molecule has 4 atom stereocenters. The fourth-order valence-corrected chi connectivity index (χ4v) is 4.25. The molecular formula is C28H33N9O9. The third-order valence-electron chi connectivity index (χ3n) is 6.65. The van der Waals surface area contributed by atoms with Crippen molar-refractivity contribution < 1.29 is 39.1 Å². The van der Waals surface area contributed by atoms with E-state index in [0.29, 0.717) is 5.69 Å². The van der Waals surface area contributed by atoms with E-state index in [9.17, 15) is 44.3 Å². The number of phenols is 1. The molecule has 0 spiro atoms. The number of nitro benzene ring substituents is 1. The Morgan fingerprint density at radius 2 is 1.74 bits per heavy atom. The first-order valence-corrected chi connectivity index (χ1v) is 13.7. The van der Waals surface area contributed by atoms with Gasteiger partial charge >= 0.3 is 5.69 Å². The Morgan fingerprint density at radius 1 is 1.02 bits per heavy atom. The second-order valence-electron chi connectivity index (χ2n) is 10.1. The largest absolute Gasteiger partial charge is 0.502 e. The average Bonchev–Trinajstić information content (AvgIpc) is 3.51. The SMILES string of the molecule is C[C@@H](O)[C@H](NC(=O)[C@H](Cc1cnc[nH]1)NC(=O)c1ccccc1N)C(=O)NCC(=O)N[C@@H](Cc1ccc(O)c([N+](=O)[O-])c1)C(N)=O. The number of aromatic amines is 1. The van der Waals surface area contributed by atoms with Gasteiger partial charge in [0.1, 0.15) is 18.1 Å². The molecule has 46 heavy (non-hydrogen) atoms. The predicted molar refractivity (Wildman–Crippen MR) is 161 cm³/mol. The van der Waals surface area contributed by atoms with Gasteiger partial charge in [-0.25, -0.2) is 4.98 Å². The first-order valence-electron chi connectivity index (χ1n) is 13.7. The van der Waals surface area contributed by atoms with Crippen molar-refractivity contribution in [3.63, 3.8) is 0 Å². The molecular weight excluding hydrogens is 606 g/mol. The van der Waals surface area contributed by atoms with Gasteiger partial charge in [0.2, 0.25) is 23.6 Å². The number of H-pyrrole nitrogens is 1. The van der Waals surface area contributed by atoms with Crippen LogP contribution >= 0.6 is 0 Å². The third kappa shape index (κ3) is 9.48. The molecule has 18 nitrogen and oxygen atoms in total. The van der Waals surface area contributed by atoms with E-state index >= 15 is 0 Å². The van der Waals surface area contributed by atoms with Crippen LogP contribution in [0.3, 0.4) is 0 Å². The van der Waals surface area contributed by atoms with E-state index in [1.165, 1.54) is 37.6 Å². The molecule has 0 fully saturated rings. The monoisotopic (exact) mass is 639 g/mol. The molecule has 0 aliphatic carbocycles. The number of carbonyl (C=O) groups excluding carboxylic acids is 5. The van der Waals surface area contributed by atoms with Crippen LogP contribution in [-0.2, 0) is 32.0 Å². The first-order chi connectivity index (χ1) is 21.8. The maximum atomic E-state index is 13.3. The van der Waals surface area contributed by atoms with Crippen LogP contribution in [0.25, 0.3) is 0 Å². The highest BCUT2D eigenvalue weighted by atomic mass is 16.6. The zero-order chi connectivity index (χ0) is 34.0.